The standard InChI is InChI=1S/C39H26N2/c1-40-35-22-20-25(23-34(35)38-32-16-7-5-13-28(32)29-14-6-8-17-33(29)39(38)40)26-19-21-31-30-15-9-10-18-36(30)41(37(31)24-26)27-11-3-2-4-12-27/h2-24H,1H3. The van der Waals surface area contributed by atoms with Crippen molar-refractivity contribution in [1.29, 1.82) is 0 Å². The number of aryl methyl sites for hydroxylation is 1. The Morgan fingerprint density at radius 3 is 1.78 bits per heavy atom. The van der Waals surface area contributed by atoms with Crippen molar-refractivity contribution in [2.24, 2.45) is 7.05 Å². The molecule has 0 saturated heterocycles. The van der Waals surface area contributed by atoms with Crippen LogP contribution in [-0.4, -0.2) is 9.13 Å². The predicted molar refractivity (Wildman–Crippen MR) is 175 cm³/mol. The lowest BCUT2D eigenvalue weighted by molar-refractivity contribution is 1.02. The maximum atomic E-state index is 2.40. The lowest BCUT2D eigenvalue weighted by Crippen LogP contribution is -1.93. The Kier molecular flexibility index (Phi) is 4.57. The van der Waals surface area contributed by atoms with E-state index < -0.39 is 0 Å². The summed E-state index contributed by atoms with van der Waals surface area (Å²) in [6.45, 7) is 0. The van der Waals surface area contributed by atoms with Crippen molar-refractivity contribution in [2.45, 2.75) is 0 Å². The second-order valence-electron chi connectivity index (χ2n) is 11.0. The summed E-state index contributed by atoms with van der Waals surface area (Å²) in [4.78, 5) is 0. The zero-order chi connectivity index (χ0) is 27.1. The van der Waals surface area contributed by atoms with Crippen LogP contribution in [0, 0.1) is 0 Å². The van der Waals surface area contributed by atoms with Gasteiger partial charge in [0.05, 0.1) is 16.6 Å². The third-order valence-corrected chi connectivity index (χ3v) is 8.89. The van der Waals surface area contributed by atoms with Crippen molar-refractivity contribution in [3.63, 3.8) is 0 Å². The molecular formula is C39H26N2. The van der Waals surface area contributed by atoms with E-state index in [1.54, 1.807) is 0 Å². The fraction of sp³-hybridized carbons (Fsp3) is 0.0256. The summed E-state index contributed by atoms with van der Waals surface area (Å²) in [6, 6.07) is 51.0. The Hall–Kier alpha value is -5.34. The minimum Gasteiger partial charge on any atom is -0.343 e. The van der Waals surface area contributed by atoms with Crippen molar-refractivity contribution in [1.82, 2.24) is 9.13 Å². The maximum Gasteiger partial charge on any atom is 0.0574 e. The Bertz CT molecular complexity index is 2470. The van der Waals surface area contributed by atoms with Crippen LogP contribution in [0.15, 0.2) is 140 Å². The molecule has 2 heteroatoms. The van der Waals surface area contributed by atoms with Gasteiger partial charge >= 0.3 is 0 Å². The molecule has 0 unspecified atom stereocenters. The van der Waals surface area contributed by atoms with E-state index >= 15 is 0 Å². The molecule has 2 nitrogen and oxygen atoms in total. The molecule has 0 radical (unpaired) electrons. The smallest absolute Gasteiger partial charge is 0.0574 e. The molecule has 0 N–H and O–H groups in total. The van der Waals surface area contributed by atoms with Crippen LogP contribution in [0.5, 0.6) is 0 Å². The van der Waals surface area contributed by atoms with Gasteiger partial charge in [-0.25, -0.2) is 0 Å². The van der Waals surface area contributed by atoms with E-state index in [9.17, 15) is 0 Å². The summed E-state index contributed by atoms with van der Waals surface area (Å²) < 4.78 is 4.77. The number of nitrogens with zero attached hydrogens (tertiary/aromatic N) is 2. The minimum absolute atomic E-state index is 1.18. The molecule has 9 rings (SSSR count). The molecule has 0 bridgehead atoms. The van der Waals surface area contributed by atoms with Gasteiger partial charge in [0.2, 0.25) is 0 Å². The second kappa shape index (κ2) is 8.33. The van der Waals surface area contributed by atoms with Crippen LogP contribution in [0.1, 0.15) is 0 Å². The highest BCUT2D eigenvalue weighted by molar-refractivity contribution is 6.31. The first-order chi connectivity index (χ1) is 20.3. The molecule has 0 saturated carbocycles. The largest absolute Gasteiger partial charge is 0.343 e. The number of fused-ring (bicyclic) bond motifs is 11. The topological polar surface area (TPSA) is 9.86 Å². The second-order valence-corrected chi connectivity index (χ2v) is 11.0. The third-order valence-electron chi connectivity index (χ3n) is 8.89. The molecule has 0 aliphatic carbocycles. The van der Waals surface area contributed by atoms with Crippen LogP contribution in [0.25, 0.3) is 82.0 Å². The maximum absolute atomic E-state index is 2.40. The Balaban J connectivity index is 1.36. The third kappa shape index (κ3) is 3.07. The average molecular weight is 523 g/mol. The summed E-state index contributed by atoms with van der Waals surface area (Å²) in [7, 11) is 2.20. The number of rotatable bonds is 2. The monoisotopic (exact) mass is 522 g/mol. The van der Waals surface area contributed by atoms with Gasteiger partial charge in [0.1, 0.15) is 0 Å². The summed E-state index contributed by atoms with van der Waals surface area (Å²) in [5, 5.41) is 10.4. The fourth-order valence-corrected chi connectivity index (χ4v) is 7.08. The van der Waals surface area contributed by atoms with E-state index in [-0.39, 0.29) is 0 Å². The normalized spacial score (nSPS) is 12.0. The van der Waals surface area contributed by atoms with Gasteiger partial charge in [-0.2, -0.15) is 0 Å². The molecule has 2 aromatic heterocycles. The molecule has 0 spiro atoms. The zero-order valence-electron chi connectivity index (χ0n) is 22.7. The highest BCUT2D eigenvalue weighted by Crippen LogP contribution is 2.42. The van der Waals surface area contributed by atoms with Gasteiger partial charge in [-0.15, -0.1) is 0 Å². The first kappa shape index (κ1) is 22.5. The van der Waals surface area contributed by atoms with Crippen LogP contribution in [0.4, 0.5) is 0 Å². The van der Waals surface area contributed by atoms with Crippen LogP contribution in [-0.2, 0) is 7.05 Å². The van der Waals surface area contributed by atoms with E-state index in [2.05, 4.69) is 156 Å². The van der Waals surface area contributed by atoms with Crippen LogP contribution >= 0.6 is 0 Å². The molecule has 0 atom stereocenters. The first-order valence-electron chi connectivity index (χ1n) is 14.2. The number of hydrogen-bond donors (Lipinski definition) is 0. The number of aromatic nitrogens is 2. The van der Waals surface area contributed by atoms with Gasteiger partial charge in [-0.3, -0.25) is 0 Å². The molecule has 0 fully saturated rings. The summed E-state index contributed by atoms with van der Waals surface area (Å²) in [5.41, 5.74) is 8.64. The Labute approximate surface area is 237 Å². The molecule has 2 heterocycles. The summed E-state index contributed by atoms with van der Waals surface area (Å²) in [6.07, 6.45) is 0. The van der Waals surface area contributed by atoms with Crippen LogP contribution in [0.2, 0.25) is 0 Å². The summed E-state index contributed by atoms with van der Waals surface area (Å²) in [5.74, 6) is 0. The minimum atomic E-state index is 1.18. The van der Waals surface area contributed by atoms with E-state index in [0.717, 1.165) is 0 Å². The van der Waals surface area contributed by atoms with Crippen LogP contribution in [0.3, 0.4) is 0 Å². The summed E-state index contributed by atoms with van der Waals surface area (Å²) >= 11 is 0. The van der Waals surface area contributed by atoms with Crippen molar-refractivity contribution < 1.29 is 0 Å². The van der Waals surface area contributed by atoms with Gasteiger partial charge < -0.3 is 9.13 Å². The van der Waals surface area contributed by atoms with E-state index in [4.69, 9.17) is 0 Å². The highest BCUT2D eigenvalue weighted by Gasteiger charge is 2.18. The molecule has 0 aliphatic heterocycles. The molecule has 0 amide bonds. The Morgan fingerprint density at radius 1 is 0.390 bits per heavy atom. The molecule has 192 valence electrons. The van der Waals surface area contributed by atoms with E-state index in [1.807, 2.05) is 0 Å². The fourth-order valence-electron chi connectivity index (χ4n) is 7.08. The van der Waals surface area contributed by atoms with Gasteiger partial charge in [0, 0.05) is 45.2 Å². The lowest BCUT2D eigenvalue weighted by Gasteiger charge is -2.09. The van der Waals surface area contributed by atoms with Gasteiger partial charge in [0.25, 0.3) is 0 Å². The average Bonchev–Trinajstić information content (AvgIpc) is 3.53. The molecule has 0 aliphatic rings. The van der Waals surface area contributed by atoms with Crippen molar-refractivity contribution in [3.05, 3.63) is 140 Å². The first-order valence-corrected chi connectivity index (χ1v) is 14.2. The van der Waals surface area contributed by atoms with Crippen molar-refractivity contribution >= 4 is 65.2 Å². The molecule has 9 aromatic rings. The molecular weight excluding hydrogens is 496 g/mol. The zero-order valence-corrected chi connectivity index (χ0v) is 22.7. The highest BCUT2D eigenvalue weighted by atomic mass is 15.0. The van der Waals surface area contributed by atoms with Crippen molar-refractivity contribution in [2.75, 3.05) is 0 Å². The van der Waals surface area contributed by atoms with Crippen LogP contribution < -0.4 is 0 Å². The SMILES string of the molecule is Cn1c2ccc(-c3ccc4c5ccccc5n(-c5ccccc5)c4c3)cc2c2c3ccccc3c3ccccc3c21. The number of hydrogen-bond acceptors (Lipinski definition) is 0. The predicted octanol–water partition coefficient (Wildman–Crippen LogP) is 10.4. The van der Waals surface area contributed by atoms with Gasteiger partial charge in [-0.1, -0.05) is 103 Å². The number of benzene rings is 7. The van der Waals surface area contributed by atoms with Gasteiger partial charge in [-0.05, 0) is 63.7 Å². The lowest BCUT2D eigenvalue weighted by atomic mass is 9.95. The molecule has 7 aromatic carbocycles. The molecule has 41 heavy (non-hydrogen) atoms. The van der Waals surface area contributed by atoms with Gasteiger partial charge in [0.15, 0.2) is 0 Å². The van der Waals surface area contributed by atoms with E-state index in [0.29, 0.717) is 0 Å². The van der Waals surface area contributed by atoms with Crippen molar-refractivity contribution in [3.8, 4) is 16.8 Å². The Morgan fingerprint density at radius 2 is 0.976 bits per heavy atom. The quantitative estimate of drug-likeness (QED) is 0.200. The van der Waals surface area contributed by atoms with E-state index in [1.165, 1.54) is 82.0 Å². The number of para-hydroxylation sites is 2.